The molecule has 1 aliphatic heterocycles. The molecule has 2 rings (SSSR count). The third-order valence-corrected chi connectivity index (χ3v) is 2.43. The van der Waals surface area contributed by atoms with Crippen molar-refractivity contribution >= 4 is 12.4 Å². The van der Waals surface area contributed by atoms with Crippen LogP contribution in [0.1, 0.15) is 18.0 Å². The Morgan fingerprint density at radius 1 is 1.35 bits per heavy atom. The Kier molecular flexibility index (Phi) is 4.11. The summed E-state index contributed by atoms with van der Waals surface area (Å²) < 4.78 is 39.7. The number of alkyl halides is 3. The Balaban J connectivity index is 0.00000144. The van der Waals surface area contributed by atoms with Crippen molar-refractivity contribution in [3.05, 3.63) is 23.8 Å². The molecule has 0 saturated carbocycles. The largest absolute Gasteiger partial charge is 0.573 e. The molecular formula is C10H11ClF3NO2. The molecule has 7 heteroatoms. The van der Waals surface area contributed by atoms with Gasteiger partial charge in [-0.2, -0.15) is 0 Å². The number of hydrogen-bond donors (Lipinski definition) is 2. The number of benzene rings is 1. The van der Waals surface area contributed by atoms with Crippen LogP contribution in [0, 0.1) is 0 Å². The molecule has 0 amide bonds. The van der Waals surface area contributed by atoms with Crippen molar-refractivity contribution in [1.29, 1.82) is 0 Å². The maximum atomic E-state index is 12.0. The van der Waals surface area contributed by atoms with Crippen molar-refractivity contribution in [2.45, 2.75) is 18.8 Å². The van der Waals surface area contributed by atoms with Crippen molar-refractivity contribution in [2.24, 2.45) is 0 Å². The minimum absolute atomic E-state index is 0. The predicted octanol–water partition coefficient (Wildman–Crippen LogP) is 2.75. The number of ether oxygens (including phenoxy) is 1. The van der Waals surface area contributed by atoms with Gasteiger partial charge in [0.05, 0.1) is 0 Å². The van der Waals surface area contributed by atoms with Crippen LogP contribution in [0.2, 0.25) is 0 Å². The molecule has 2 N–H and O–H groups in total. The summed E-state index contributed by atoms with van der Waals surface area (Å²) in [7, 11) is 0. The molecule has 0 spiro atoms. The Hall–Kier alpha value is -1.14. The van der Waals surface area contributed by atoms with E-state index in [1.807, 2.05) is 0 Å². The van der Waals surface area contributed by atoms with Crippen LogP contribution in [0.15, 0.2) is 18.2 Å². The fraction of sp³-hybridized carbons (Fsp3) is 0.400. The normalized spacial score (nSPS) is 19.1. The highest BCUT2D eigenvalue weighted by atomic mass is 35.5. The minimum atomic E-state index is -4.71. The predicted molar refractivity (Wildman–Crippen MR) is 57.4 cm³/mol. The number of phenols is 1. The van der Waals surface area contributed by atoms with E-state index in [2.05, 4.69) is 10.1 Å². The van der Waals surface area contributed by atoms with Crippen LogP contribution in [0.5, 0.6) is 11.5 Å². The minimum Gasteiger partial charge on any atom is -0.508 e. The van der Waals surface area contributed by atoms with Gasteiger partial charge in [0.15, 0.2) is 0 Å². The Bertz CT molecular complexity index is 394. The molecule has 0 aromatic heterocycles. The third-order valence-electron chi connectivity index (χ3n) is 2.43. The van der Waals surface area contributed by atoms with E-state index in [4.69, 9.17) is 0 Å². The van der Waals surface area contributed by atoms with Crippen LogP contribution in [0.4, 0.5) is 13.2 Å². The highest BCUT2D eigenvalue weighted by Gasteiger charge is 2.32. The van der Waals surface area contributed by atoms with Crippen LogP contribution in [0.3, 0.4) is 0 Å². The molecule has 1 aromatic carbocycles. The lowest BCUT2D eigenvalue weighted by molar-refractivity contribution is -0.274. The second-order valence-electron chi connectivity index (χ2n) is 3.56. The van der Waals surface area contributed by atoms with E-state index in [0.717, 1.165) is 19.0 Å². The highest BCUT2D eigenvalue weighted by Crippen LogP contribution is 2.34. The molecule has 1 heterocycles. The molecule has 17 heavy (non-hydrogen) atoms. The Morgan fingerprint density at radius 2 is 2.00 bits per heavy atom. The van der Waals surface area contributed by atoms with Crippen LogP contribution in [-0.4, -0.2) is 18.0 Å². The van der Waals surface area contributed by atoms with Crippen molar-refractivity contribution in [2.75, 3.05) is 6.54 Å². The number of hydrogen-bond acceptors (Lipinski definition) is 3. The maximum Gasteiger partial charge on any atom is 0.573 e. The zero-order valence-corrected chi connectivity index (χ0v) is 9.44. The Labute approximate surface area is 102 Å². The maximum absolute atomic E-state index is 12.0. The lowest BCUT2D eigenvalue weighted by Crippen LogP contribution is -2.35. The summed E-state index contributed by atoms with van der Waals surface area (Å²) in [6.45, 7) is 0.800. The van der Waals surface area contributed by atoms with E-state index in [1.165, 1.54) is 12.1 Å². The molecular weight excluding hydrogens is 259 g/mol. The van der Waals surface area contributed by atoms with Gasteiger partial charge in [-0.05, 0) is 31.2 Å². The van der Waals surface area contributed by atoms with Gasteiger partial charge >= 0.3 is 6.36 Å². The summed E-state index contributed by atoms with van der Waals surface area (Å²) >= 11 is 0. The zero-order chi connectivity index (χ0) is 11.8. The van der Waals surface area contributed by atoms with Gasteiger partial charge in [-0.25, -0.2) is 0 Å². The second kappa shape index (κ2) is 5.01. The topological polar surface area (TPSA) is 41.5 Å². The summed E-state index contributed by atoms with van der Waals surface area (Å²) in [5, 5.41) is 12.5. The SMILES string of the molecule is Cl.Oc1ccc(OC(F)(F)F)cc1[C@@H]1CCN1. The summed E-state index contributed by atoms with van der Waals surface area (Å²) in [5.41, 5.74) is 0.438. The first-order chi connectivity index (χ1) is 7.46. The first-order valence-electron chi connectivity index (χ1n) is 4.78. The van der Waals surface area contributed by atoms with Gasteiger partial charge < -0.3 is 15.2 Å². The summed E-state index contributed by atoms with van der Waals surface area (Å²) in [5.74, 6) is -0.333. The van der Waals surface area contributed by atoms with Gasteiger partial charge in [0, 0.05) is 11.6 Å². The zero-order valence-electron chi connectivity index (χ0n) is 8.62. The number of halogens is 4. The fourth-order valence-electron chi connectivity index (χ4n) is 1.56. The highest BCUT2D eigenvalue weighted by molar-refractivity contribution is 5.85. The fourth-order valence-corrected chi connectivity index (χ4v) is 1.56. The van der Waals surface area contributed by atoms with Crippen molar-refractivity contribution in [1.82, 2.24) is 5.32 Å². The summed E-state index contributed by atoms with van der Waals surface area (Å²) in [6, 6.07) is 3.41. The molecule has 96 valence electrons. The molecule has 1 atom stereocenters. The van der Waals surface area contributed by atoms with E-state index < -0.39 is 6.36 Å². The lowest BCUT2D eigenvalue weighted by Gasteiger charge is -2.28. The third kappa shape index (κ3) is 3.41. The van der Waals surface area contributed by atoms with Crippen LogP contribution in [0.25, 0.3) is 0 Å². The molecule has 0 bridgehead atoms. The van der Waals surface area contributed by atoms with Gasteiger partial charge in [0.25, 0.3) is 0 Å². The number of phenolic OH excluding ortho intramolecular Hbond substituents is 1. The van der Waals surface area contributed by atoms with Crippen molar-refractivity contribution in [3.63, 3.8) is 0 Å². The van der Waals surface area contributed by atoms with E-state index in [-0.39, 0.29) is 29.9 Å². The summed E-state index contributed by atoms with van der Waals surface area (Å²) in [6.07, 6.45) is -3.91. The molecule has 3 nitrogen and oxygen atoms in total. The van der Waals surface area contributed by atoms with E-state index in [0.29, 0.717) is 5.56 Å². The van der Waals surface area contributed by atoms with Gasteiger partial charge in [-0.1, -0.05) is 0 Å². The smallest absolute Gasteiger partial charge is 0.508 e. The number of aromatic hydroxyl groups is 1. The van der Waals surface area contributed by atoms with Gasteiger partial charge in [-0.15, -0.1) is 25.6 Å². The standard InChI is InChI=1S/C10H10F3NO2.ClH/c11-10(12,13)16-6-1-2-9(15)7(5-6)8-3-4-14-8;/h1-2,5,8,14-15H,3-4H2;1H/t8-;/m0./s1. The number of nitrogens with one attached hydrogen (secondary N) is 1. The quantitative estimate of drug-likeness (QED) is 0.867. The van der Waals surface area contributed by atoms with Crippen molar-refractivity contribution in [3.8, 4) is 11.5 Å². The monoisotopic (exact) mass is 269 g/mol. The Morgan fingerprint density at radius 3 is 2.47 bits per heavy atom. The lowest BCUT2D eigenvalue weighted by atomic mass is 9.97. The second-order valence-corrected chi connectivity index (χ2v) is 3.56. The van der Waals surface area contributed by atoms with Gasteiger partial charge in [0.2, 0.25) is 0 Å². The average Bonchev–Trinajstić information content (AvgIpc) is 2.05. The van der Waals surface area contributed by atoms with Crippen molar-refractivity contribution < 1.29 is 23.0 Å². The van der Waals surface area contributed by atoms with E-state index >= 15 is 0 Å². The van der Waals surface area contributed by atoms with E-state index in [9.17, 15) is 18.3 Å². The van der Waals surface area contributed by atoms with Crippen LogP contribution in [-0.2, 0) is 0 Å². The molecule has 1 aromatic rings. The average molecular weight is 270 g/mol. The van der Waals surface area contributed by atoms with Crippen LogP contribution >= 0.6 is 12.4 Å². The van der Waals surface area contributed by atoms with Gasteiger partial charge in [-0.3, -0.25) is 0 Å². The molecule has 0 aliphatic carbocycles. The molecule has 1 fully saturated rings. The first-order valence-corrected chi connectivity index (χ1v) is 4.78. The molecule has 0 radical (unpaired) electrons. The van der Waals surface area contributed by atoms with Crippen LogP contribution < -0.4 is 10.1 Å². The van der Waals surface area contributed by atoms with E-state index in [1.54, 1.807) is 0 Å². The number of rotatable bonds is 2. The molecule has 1 saturated heterocycles. The van der Waals surface area contributed by atoms with Gasteiger partial charge in [0.1, 0.15) is 11.5 Å². The molecule has 1 aliphatic rings. The summed E-state index contributed by atoms with van der Waals surface area (Å²) in [4.78, 5) is 0. The first kappa shape index (κ1) is 13.9. The molecule has 0 unspecified atom stereocenters.